The van der Waals surface area contributed by atoms with Crippen molar-refractivity contribution >= 4 is 11.7 Å². The molecule has 0 bridgehead atoms. The van der Waals surface area contributed by atoms with Crippen LogP contribution in [0.5, 0.6) is 5.88 Å². The molecule has 0 atom stereocenters. The number of aromatic hydroxyl groups is 1. The molecule has 0 aliphatic heterocycles. The summed E-state index contributed by atoms with van der Waals surface area (Å²) in [6.07, 6.45) is -0.410. The number of aromatic nitrogens is 1. The van der Waals surface area contributed by atoms with E-state index >= 15 is 0 Å². The quantitative estimate of drug-likeness (QED) is 0.599. The average molecular weight is 256 g/mol. The second-order valence-electron chi connectivity index (χ2n) is 3.78. The molecule has 98 valence electrons. The lowest BCUT2D eigenvalue weighted by atomic mass is 10.1. The van der Waals surface area contributed by atoms with Crippen molar-refractivity contribution < 1.29 is 19.9 Å². The maximum Gasteiger partial charge on any atom is 0.332 e. The van der Waals surface area contributed by atoms with Gasteiger partial charge >= 0.3 is 11.7 Å². The molecule has 0 saturated carbocycles. The van der Waals surface area contributed by atoms with E-state index in [0.717, 1.165) is 0 Å². The third-order valence-corrected chi connectivity index (χ3v) is 2.68. The highest BCUT2D eigenvalue weighted by atomic mass is 16.6. The Kier molecular flexibility index (Phi) is 3.70. The van der Waals surface area contributed by atoms with Gasteiger partial charge in [-0.15, -0.1) is 0 Å². The molecule has 0 radical (unpaired) electrons. The van der Waals surface area contributed by atoms with Crippen LogP contribution in [-0.4, -0.2) is 25.7 Å². The summed E-state index contributed by atoms with van der Waals surface area (Å²) < 4.78 is 0.703. The van der Waals surface area contributed by atoms with Crippen LogP contribution in [0.2, 0.25) is 0 Å². The third kappa shape index (κ3) is 2.31. The summed E-state index contributed by atoms with van der Waals surface area (Å²) in [6, 6.07) is 0. The minimum atomic E-state index is -1.16. The first kappa shape index (κ1) is 13.7. The number of nitrogens with zero attached hydrogens (tertiary/aromatic N) is 2. The van der Waals surface area contributed by atoms with Gasteiger partial charge in [-0.25, -0.2) is 0 Å². The molecule has 1 heterocycles. The molecule has 1 aromatic heterocycles. The molecule has 18 heavy (non-hydrogen) atoms. The van der Waals surface area contributed by atoms with Gasteiger partial charge in [-0.3, -0.25) is 24.3 Å². The molecule has 0 aromatic carbocycles. The lowest BCUT2D eigenvalue weighted by Gasteiger charge is -2.10. The van der Waals surface area contributed by atoms with Crippen molar-refractivity contribution in [1.82, 2.24) is 4.57 Å². The largest absolute Gasteiger partial charge is 0.490 e. The van der Waals surface area contributed by atoms with Crippen LogP contribution in [0.15, 0.2) is 4.79 Å². The first-order valence-corrected chi connectivity index (χ1v) is 5.06. The van der Waals surface area contributed by atoms with Gasteiger partial charge < -0.3 is 10.2 Å². The molecule has 0 aliphatic carbocycles. The molecule has 0 fully saturated rings. The van der Waals surface area contributed by atoms with Gasteiger partial charge in [0, 0.05) is 17.7 Å². The van der Waals surface area contributed by atoms with Crippen molar-refractivity contribution in [2.24, 2.45) is 0 Å². The fourth-order valence-electron chi connectivity index (χ4n) is 1.57. The van der Waals surface area contributed by atoms with E-state index in [0.29, 0.717) is 4.57 Å². The maximum absolute atomic E-state index is 11.8. The van der Waals surface area contributed by atoms with Gasteiger partial charge in [-0.2, -0.15) is 0 Å². The number of hydrogen-bond acceptors (Lipinski definition) is 5. The summed E-state index contributed by atoms with van der Waals surface area (Å²) in [7, 11) is 0. The summed E-state index contributed by atoms with van der Waals surface area (Å²) >= 11 is 0. The minimum Gasteiger partial charge on any atom is -0.490 e. The van der Waals surface area contributed by atoms with Gasteiger partial charge in [-0.1, -0.05) is 0 Å². The standard InChI is InChI=1S/C10H12N2O6/c1-5-6(2)9(15)11(4-3-7(13)14)10(16)8(5)12(17)18/h16H,3-4H2,1-2H3,(H,13,14). The van der Waals surface area contributed by atoms with E-state index in [-0.39, 0.29) is 17.7 Å². The molecule has 0 aliphatic rings. The van der Waals surface area contributed by atoms with Crippen molar-refractivity contribution in [3.05, 3.63) is 31.6 Å². The van der Waals surface area contributed by atoms with Crippen molar-refractivity contribution in [2.45, 2.75) is 26.8 Å². The first-order valence-electron chi connectivity index (χ1n) is 5.06. The number of nitro groups is 1. The maximum atomic E-state index is 11.8. The molecule has 0 saturated heterocycles. The zero-order chi connectivity index (χ0) is 14.0. The van der Waals surface area contributed by atoms with E-state index in [1.165, 1.54) is 13.8 Å². The Morgan fingerprint density at radius 3 is 2.39 bits per heavy atom. The fourth-order valence-corrected chi connectivity index (χ4v) is 1.57. The smallest absolute Gasteiger partial charge is 0.332 e. The zero-order valence-corrected chi connectivity index (χ0v) is 9.84. The van der Waals surface area contributed by atoms with Gasteiger partial charge in [0.05, 0.1) is 11.3 Å². The van der Waals surface area contributed by atoms with Crippen molar-refractivity contribution in [3.63, 3.8) is 0 Å². The molecule has 0 spiro atoms. The van der Waals surface area contributed by atoms with Crippen molar-refractivity contribution in [1.29, 1.82) is 0 Å². The summed E-state index contributed by atoms with van der Waals surface area (Å²) in [5.74, 6) is -1.98. The van der Waals surface area contributed by atoms with E-state index in [1.54, 1.807) is 0 Å². The van der Waals surface area contributed by atoms with Gasteiger partial charge in [-0.05, 0) is 13.8 Å². The van der Waals surface area contributed by atoms with Gasteiger partial charge in [0.25, 0.3) is 11.4 Å². The normalized spacial score (nSPS) is 10.3. The highest BCUT2D eigenvalue weighted by Gasteiger charge is 2.25. The van der Waals surface area contributed by atoms with Crippen LogP contribution in [0, 0.1) is 24.0 Å². The molecule has 8 heteroatoms. The Balaban J connectivity index is 3.47. The zero-order valence-electron chi connectivity index (χ0n) is 9.84. The summed E-state index contributed by atoms with van der Waals surface area (Å²) in [5.41, 5.74) is -1.01. The van der Waals surface area contributed by atoms with Crippen LogP contribution >= 0.6 is 0 Å². The molecular formula is C10H12N2O6. The van der Waals surface area contributed by atoms with Crippen molar-refractivity contribution in [3.8, 4) is 5.88 Å². The lowest BCUT2D eigenvalue weighted by molar-refractivity contribution is -0.387. The molecule has 0 amide bonds. The molecule has 1 aromatic rings. The molecule has 8 nitrogen and oxygen atoms in total. The fraction of sp³-hybridized carbons (Fsp3) is 0.400. The van der Waals surface area contributed by atoms with Crippen LogP contribution in [0.1, 0.15) is 17.5 Å². The Bertz CT molecular complexity index is 575. The van der Waals surface area contributed by atoms with Crippen molar-refractivity contribution in [2.75, 3.05) is 0 Å². The Hall–Kier alpha value is -2.38. The minimum absolute atomic E-state index is 0.0778. The summed E-state index contributed by atoms with van der Waals surface area (Å²) in [5, 5.41) is 29.0. The number of carboxylic acid groups (broad SMARTS) is 1. The Labute approximate surface area is 101 Å². The number of carbonyl (C=O) groups is 1. The molecular weight excluding hydrogens is 244 g/mol. The second-order valence-corrected chi connectivity index (χ2v) is 3.78. The number of hydrogen-bond donors (Lipinski definition) is 2. The Morgan fingerprint density at radius 1 is 1.39 bits per heavy atom. The number of carboxylic acids is 1. The number of aliphatic carboxylic acids is 1. The topological polar surface area (TPSA) is 123 Å². The molecule has 0 unspecified atom stereocenters. The predicted octanol–water partition coefficient (Wildman–Crippen LogP) is 0.554. The number of pyridine rings is 1. The van der Waals surface area contributed by atoms with E-state index in [4.69, 9.17) is 5.11 Å². The van der Waals surface area contributed by atoms with Gasteiger partial charge in [0.15, 0.2) is 0 Å². The summed E-state index contributed by atoms with van der Waals surface area (Å²) in [6.45, 7) is 2.43. The lowest BCUT2D eigenvalue weighted by Crippen LogP contribution is -2.25. The predicted molar refractivity (Wildman–Crippen MR) is 60.7 cm³/mol. The highest BCUT2D eigenvalue weighted by molar-refractivity contribution is 5.66. The van der Waals surface area contributed by atoms with E-state index in [2.05, 4.69) is 0 Å². The number of rotatable bonds is 4. The second kappa shape index (κ2) is 4.86. The monoisotopic (exact) mass is 256 g/mol. The highest BCUT2D eigenvalue weighted by Crippen LogP contribution is 2.29. The molecule has 2 N–H and O–H groups in total. The van der Waals surface area contributed by atoms with E-state index in [9.17, 15) is 24.8 Å². The van der Waals surface area contributed by atoms with Crippen LogP contribution in [0.3, 0.4) is 0 Å². The van der Waals surface area contributed by atoms with Gasteiger partial charge in [0.2, 0.25) is 0 Å². The third-order valence-electron chi connectivity index (χ3n) is 2.68. The van der Waals surface area contributed by atoms with Gasteiger partial charge in [0.1, 0.15) is 0 Å². The van der Waals surface area contributed by atoms with Crippen LogP contribution < -0.4 is 5.56 Å². The van der Waals surface area contributed by atoms with Crippen LogP contribution in [-0.2, 0) is 11.3 Å². The first-order chi connectivity index (χ1) is 8.27. The average Bonchev–Trinajstić information content (AvgIpc) is 2.25. The van der Waals surface area contributed by atoms with E-state index in [1.807, 2.05) is 0 Å². The van der Waals surface area contributed by atoms with E-state index < -0.39 is 34.4 Å². The SMILES string of the molecule is Cc1c([N+](=O)[O-])c(O)n(CCC(=O)O)c(=O)c1C. The molecule has 1 rings (SSSR count). The van der Waals surface area contributed by atoms with Crippen LogP contribution in [0.25, 0.3) is 0 Å². The Morgan fingerprint density at radius 2 is 1.94 bits per heavy atom. The summed E-state index contributed by atoms with van der Waals surface area (Å²) in [4.78, 5) is 32.2. The van der Waals surface area contributed by atoms with Crippen LogP contribution in [0.4, 0.5) is 5.69 Å².